The molecule has 0 aromatic heterocycles. The van der Waals surface area contributed by atoms with E-state index >= 15 is 0 Å². The van der Waals surface area contributed by atoms with Gasteiger partial charge in [-0.15, -0.1) is 0 Å². The van der Waals surface area contributed by atoms with E-state index in [0.717, 1.165) is 11.4 Å². The Labute approximate surface area is 160 Å². The number of amides is 1. The molecule has 2 aromatic rings. The number of rotatable bonds is 2. The van der Waals surface area contributed by atoms with E-state index in [4.69, 9.17) is 16.3 Å². The highest BCUT2D eigenvalue weighted by Crippen LogP contribution is 2.40. The Morgan fingerprint density at radius 1 is 1.04 bits per heavy atom. The second-order valence-electron chi connectivity index (χ2n) is 7.89. The quantitative estimate of drug-likeness (QED) is 0.662. The van der Waals surface area contributed by atoms with Crippen LogP contribution in [0.25, 0.3) is 0 Å². The predicted octanol–water partition coefficient (Wildman–Crippen LogP) is 5.85. The molecule has 1 aliphatic rings. The summed E-state index contributed by atoms with van der Waals surface area (Å²) in [6.45, 7) is 7.03. The van der Waals surface area contributed by atoms with Crippen LogP contribution in [0.3, 0.4) is 0 Å². The Bertz CT molecular complexity index is 754. The molecule has 1 aliphatic heterocycles. The number of piperidine rings is 1. The first kappa shape index (κ1) is 18.8. The number of halogens is 1. The molecule has 26 heavy (non-hydrogen) atoms. The van der Waals surface area contributed by atoms with Crippen molar-refractivity contribution in [2.45, 2.75) is 44.6 Å². The Morgan fingerprint density at radius 3 is 2.38 bits per heavy atom. The van der Waals surface area contributed by atoms with Crippen molar-refractivity contribution in [1.82, 2.24) is 4.90 Å². The van der Waals surface area contributed by atoms with E-state index in [9.17, 15) is 4.79 Å². The molecule has 3 nitrogen and oxygen atoms in total. The van der Waals surface area contributed by atoms with Gasteiger partial charge in [0.2, 0.25) is 0 Å². The van der Waals surface area contributed by atoms with Gasteiger partial charge in [-0.25, -0.2) is 4.79 Å². The molecule has 1 amide bonds. The lowest BCUT2D eigenvalue weighted by Gasteiger charge is -2.39. The molecule has 1 heterocycles. The molecule has 0 unspecified atom stereocenters. The van der Waals surface area contributed by atoms with Gasteiger partial charge in [0, 0.05) is 24.0 Å². The smallest absolute Gasteiger partial charge is 0.410 e. The molecule has 0 aliphatic carbocycles. The molecule has 138 valence electrons. The van der Waals surface area contributed by atoms with Gasteiger partial charge in [0.05, 0.1) is 0 Å². The van der Waals surface area contributed by atoms with Crippen LogP contribution in [0.4, 0.5) is 4.79 Å². The third-order valence-corrected chi connectivity index (χ3v) is 5.00. The summed E-state index contributed by atoms with van der Waals surface area (Å²) in [5.74, 6) is 0.547. The van der Waals surface area contributed by atoms with Crippen LogP contribution in [0.1, 0.15) is 50.2 Å². The highest BCUT2D eigenvalue weighted by Gasteiger charge is 2.35. The molecule has 0 N–H and O–H groups in total. The molecular formula is C22H26ClNO2. The van der Waals surface area contributed by atoms with Crippen molar-refractivity contribution in [3.63, 3.8) is 0 Å². The molecule has 2 atom stereocenters. The number of benzene rings is 2. The van der Waals surface area contributed by atoms with Crippen molar-refractivity contribution in [3.05, 3.63) is 70.7 Å². The lowest BCUT2D eigenvalue weighted by atomic mass is 9.77. The van der Waals surface area contributed by atoms with Crippen molar-refractivity contribution >= 4 is 17.7 Å². The maximum absolute atomic E-state index is 12.6. The van der Waals surface area contributed by atoms with Crippen LogP contribution in [-0.2, 0) is 4.74 Å². The minimum Gasteiger partial charge on any atom is -0.444 e. The van der Waals surface area contributed by atoms with Gasteiger partial charge in [-0.1, -0.05) is 54.1 Å². The predicted molar refractivity (Wildman–Crippen MR) is 106 cm³/mol. The van der Waals surface area contributed by atoms with Crippen molar-refractivity contribution in [3.8, 4) is 0 Å². The third-order valence-electron chi connectivity index (χ3n) is 4.77. The monoisotopic (exact) mass is 371 g/mol. The van der Waals surface area contributed by atoms with Crippen molar-refractivity contribution < 1.29 is 9.53 Å². The standard InChI is InChI=1S/C22H26ClNO2/c1-22(2,3)26-21(25)24-13-12-19(16-8-5-4-6-9-16)20(15-24)17-10-7-11-18(23)14-17/h4-11,14,19-20H,12-13,15H2,1-3H3/t19-,20+/m1/s1. The number of likely N-dealkylation sites (tertiary alicyclic amines) is 1. The van der Waals surface area contributed by atoms with E-state index in [2.05, 4.69) is 30.3 Å². The van der Waals surface area contributed by atoms with Gasteiger partial charge in [-0.2, -0.15) is 0 Å². The molecule has 1 saturated heterocycles. The second-order valence-corrected chi connectivity index (χ2v) is 8.33. The topological polar surface area (TPSA) is 29.5 Å². The SMILES string of the molecule is CC(C)(C)OC(=O)N1CC[C@H](c2ccccc2)[C@H](c2cccc(Cl)c2)C1. The van der Waals surface area contributed by atoms with Crippen LogP contribution in [0, 0.1) is 0 Å². The van der Waals surface area contributed by atoms with Crippen LogP contribution in [0.2, 0.25) is 5.02 Å². The lowest BCUT2D eigenvalue weighted by molar-refractivity contribution is 0.0184. The summed E-state index contributed by atoms with van der Waals surface area (Å²) in [4.78, 5) is 14.4. The number of nitrogens with zero attached hydrogens (tertiary/aromatic N) is 1. The number of carbonyl (C=O) groups is 1. The van der Waals surface area contributed by atoms with Gasteiger partial charge in [0.1, 0.15) is 5.60 Å². The zero-order valence-corrected chi connectivity index (χ0v) is 16.4. The normalized spacial score (nSPS) is 20.7. The van der Waals surface area contributed by atoms with Gasteiger partial charge >= 0.3 is 6.09 Å². The minimum atomic E-state index is -0.487. The fraction of sp³-hybridized carbons (Fsp3) is 0.409. The molecule has 0 spiro atoms. The summed E-state index contributed by atoms with van der Waals surface area (Å²) in [7, 11) is 0. The van der Waals surface area contributed by atoms with Gasteiger partial charge in [-0.3, -0.25) is 0 Å². The lowest BCUT2D eigenvalue weighted by Crippen LogP contribution is -2.44. The van der Waals surface area contributed by atoms with Crippen LogP contribution >= 0.6 is 11.6 Å². The van der Waals surface area contributed by atoms with Gasteiger partial charge < -0.3 is 9.64 Å². The van der Waals surface area contributed by atoms with E-state index < -0.39 is 5.60 Å². The van der Waals surface area contributed by atoms with E-state index in [1.807, 2.05) is 49.9 Å². The fourth-order valence-electron chi connectivity index (χ4n) is 3.62. The summed E-state index contributed by atoms with van der Waals surface area (Å²) in [6, 6.07) is 18.5. The van der Waals surface area contributed by atoms with E-state index in [1.54, 1.807) is 0 Å². The zero-order valence-electron chi connectivity index (χ0n) is 15.6. The molecule has 4 heteroatoms. The summed E-state index contributed by atoms with van der Waals surface area (Å²) >= 11 is 6.24. The van der Waals surface area contributed by atoms with Gasteiger partial charge in [0.15, 0.2) is 0 Å². The summed E-state index contributed by atoms with van der Waals surface area (Å²) < 4.78 is 5.59. The van der Waals surface area contributed by atoms with E-state index in [0.29, 0.717) is 19.0 Å². The van der Waals surface area contributed by atoms with Crippen LogP contribution in [0.15, 0.2) is 54.6 Å². The van der Waals surface area contributed by atoms with E-state index in [1.165, 1.54) is 11.1 Å². The maximum Gasteiger partial charge on any atom is 0.410 e. The first-order valence-corrected chi connectivity index (χ1v) is 9.49. The average molecular weight is 372 g/mol. The van der Waals surface area contributed by atoms with Crippen molar-refractivity contribution in [1.29, 1.82) is 0 Å². The van der Waals surface area contributed by atoms with Crippen LogP contribution < -0.4 is 0 Å². The van der Waals surface area contributed by atoms with E-state index in [-0.39, 0.29) is 12.0 Å². The number of carbonyl (C=O) groups excluding carboxylic acids is 1. The van der Waals surface area contributed by atoms with Crippen molar-refractivity contribution in [2.75, 3.05) is 13.1 Å². The molecule has 0 bridgehead atoms. The Kier molecular flexibility index (Phi) is 5.57. The zero-order chi connectivity index (χ0) is 18.7. The second kappa shape index (κ2) is 7.71. The molecular weight excluding hydrogens is 346 g/mol. The van der Waals surface area contributed by atoms with Crippen LogP contribution in [0.5, 0.6) is 0 Å². The number of hydrogen-bond acceptors (Lipinski definition) is 2. The molecule has 0 radical (unpaired) electrons. The highest BCUT2D eigenvalue weighted by molar-refractivity contribution is 6.30. The third kappa shape index (κ3) is 4.59. The summed E-state index contributed by atoms with van der Waals surface area (Å²) in [6.07, 6.45) is 0.663. The Morgan fingerprint density at radius 2 is 1.73 bits per heavy atom. The van der Waals surface area contributed by atoms with Gasteiger partial charge in [-0.05, 0) is 56.4 Å². The minimum absolute atomic E-state index is 0.192. The highest BCUT2D eigenvalue weighted by atomic mass is 35.5. The maximum atomic E-state index is 12.6. The largest absolute Gasteiger partial charge is 0.444 e. The first-order chi connectivity index (χ1) is 12.3. The fourth-order valence-corrected chi connectivity index (χ4v) is 3.82. The van der Waals surface area contributed by atoms with Crippen molar-refractivity contribution in [2.24, 2.45) is 0 Å². The molecule has 0 saturated carbocycles. The molecule has 2 aromatic carbocycles. The molecule has 3 rings (SSSR count). The first-order valence-electron chi connectivity index (χ1n) is 9.12. The average Bonchev–Trinajstić information content (AvgIpc) is 2.60. The van der Waals surface area contributed by atoms with Crippen LogP contribution in [-0.4, -0.2) is 29.7 Å². The van der Waals surface area contributed by atoms with Gasteiger partial charge in [0.25, 0.3) is 0 Å². The Balaban J connectivity index is 1.88. The number of ether oxygens (including phenoxy) is 1. The molecule has 1 fully saturated rings. The summed E-state index contributed by atoms with van der Waals surface area (Å²) in [5, 5.41) is 0.726. The Hall–Kier alpha value is -2.00. The number of hydrogen-bond donors (Lipinski definition) is 0. The summed E-state index contributed by atoms with van der Waals surface area (Å²) in [5.41, 5.74) is 1.99.